The molecule has 72 heavy (non-hydrogen) atoms. The second-order valence-electron chi connectivity index (χ2n) is 18.6. The number of nitrogens with one attached hydrogen (secondary N) is 1. The van der Waals surface area contributed by atoms with E-state index in [-0.39, 0.29) is 18.9 Å². The van der Waals surface area contributed by atoms with Crippen LogP contribution in [0.1, 0.15) is 123 Å². The summed E-state index contributed by atoms with van der Waals surface area (Å²) in [5.74, 6) is -0.316. The summed E-state index contributed by atoms with van der Waals surface area (Å²) in [5, 5.41) is 119. The van der Waals surface area contributed by atoms with Crippen LogP contribution in [0.3, 0.4) is 0 Å². The van der Waals surface area contributed by atoms with Gasteiger partial charge in [-0.05, 0) is 64.2 Å². The van der Waals surface area contributed by atoms with Crippen LogP contribution >= 0.6 is 0 Å². The van der Waals surface area contributed by atoms with Crippen molar-refractivity contribution >= 4 is 5.91 Å². The highest BCUT2D eigenvalue weighted by molar-refractivity contribution is 5.76. The number of rotatable bonds is 35. The first-order valence-electron chi connectivity index (χ1n) is 26.2. The summed E-state index contributed by atoms with van der Waals surface area (Å²) in [6, 6.07) is -0.991. The fourth-order valence-corrected chi connectivity index (χ4v) is 8.39. The zero-order valence-electron chi connectivity index (χ0n) is 42.4. The molecule has 0 saturated carbocycles. The van der Waals surface area contributed by atoms with Gasteiger partial charge in [-0.25, -0.2) is 0 Å². The second kappa shape index (κ2) is 37.1. The topological polar surface area (TPSA) is 307 Å². The lowest BCUT2D eigenvalue weighted by atomic mass is 9.96. The number of hydrogen-bond donors (Lipinski definition) is 12. The maximum absolute atomic E-state index is 13.2. The monoisotopic (exact) mass is 1030 g/mol. The maximum atomic E-state index is 13.2. The number of hydrogen-bond acceptors (Lipinski definition) is 18. The Balaban J connectivity index is 1.53. The molecular formula is C53H89NO18. The van der Waals surface area contributed by atoms with Crippen molar-refractivity contribution in [1.82, 2.24) is 5.32 Å². The number of ether oxygens (including phenoxy) is 6. The van der Waals surface area contributed by atoms with Gasteiger partial charge in [0.15, 0.2) is 18.9 Å². The van der Waals surface area contributed by atoms with Crippen LogP contribution in [-0.4, -0.2) is 193 Å². The minimum Gasteiger partial charge on any atom is -0.394 e. The molecule has 0 aromatic rings. The minimum atomic E-state index is -1.98. The van der Waals surface area contributed by atoms with Crippen LogP contribution in [0.5, 0.6) is 0 Å². The molecule has 12 N–H and O–H groups in total. The number of carbonyl (C=O) groups excluding carboxylic acids is 1. The first-order chi connectivity index (χ1) is 34.8. The normalized spacial score (nSPS) is 32.6. The van der Waals surface area contributed by atoms with E-state index in [0.717, 1.165) is 83.5 Å². The standard InChI is InChI=1S/C53H89NO18/c1-3-5-7-9-11-13-14-15-16-17-18-19-20-21-22-23-25-27-29-31-41(59)54-36(37(58)30-28-26-24-12-10-8-6-4-2)35-67-51-47(65)44(62)49(39(33-56)69-51)72-53-48(66)45(63)50(40(34-57)70-53)71-52-46(64)43(61)42(60)38(32-55)68-52/h5,7,11,13,15-16,18-19,21-22,28,30,36-40,42-53,55-58,60-66H,3-4,6,8-10,12,14,17,20,23-27,29,31-35H2,1-2H3,(H,54,59)/b7-5-,13-11-,16-15-,19-18-,22-21-,30-28+. The number of allylic oxidation sites excluding steroid dienone is 11. The molecule has 3 aliphatic rings. The van der Waals surface area contributed by atoms with Crippen molar-refractivity contribution in [3.8, 4) is 0 Å². The van der Waals surface area contributed by atoms with Gasteiger partial charge in [0.05, 0.1) is 38.6 Å². The predicted molar refractivity (Wildman–Crippen MR) is 268 cm³/mol. The van der Waals surface area contributed by atoms with Gasteiger partial charge in [-0.1, -0.05) is 125 Å². The second-order valence-corrected chi connectivity index (χ2v) is 18.6. The molecule has 17 unspecified atom stereocenters. The van der Waals surface area contributed by atoms with E-state index >= 15 is 0 Å². The molecule has 3 heterocycles. The Hall–Kier alpha value is -2.77. The average molecular weight is 1030 g/mol. The van der Waals surface area contributed by atoms with Crippen LogP contribution in [0, 0.1) is 0 Å². The molecule has 0 aliphatic carbocycles. The molecule has 3 rings (SSSR count). The largest absolute Gasteiger partial charge is 0.394 e. The van der Waals surface area contributed by atoms with Crippen LogP contribution in [0.15, 0.2) is 72.9 Å². The van der Waals surface area contributed by atoms with E-state index in [1.54, 1.807) is 6.08 Å². The molecule has 0 aromatic carbocycles. The molecule has 19 nitrogen and oxygen atoms in total. The van der Waals surface area contributed by atoms with E-state index in [1.807, 2.05) is 6.08 Å². The quantitative estimate of drug-likeness (QED) is 0.0320. The van der Waals surface area contributed by atoms with Crippen molar-refractivity contribution in [2.24, 2.45) is 0 Å². The summed E-state index contributed by atoms with van der Waals surface area (Å²) in [7, 11) is 0. The van der Waals surface area contributed by atoms with Gasteiger partial charge in [0, 0.05) is 6.42 Å². The highest BCUT2D eigenvalue weighted by Crippen LogP contribution is 2.33. The molecule has 0 spiro atoms. The van der Waals surface area contributed by atoms with Crippen molar-refractivity contribution in [1.29, 1.82) is 0 Å². The van der Waals surface area contributed by atoms with Gasteiger partial charge in [0.2, 0.25) is 5.91 Å². The Morgan fingerprint density at radius 3 is 1.50 bits per heavy atom. The van der Waals surface area contributed by atoms with E-state index in [2.05, 4.69) is 79.9 Å². The van der Waals surface area contributed by atoms with Crippen molar-refractivity contribution < 1.29 is 89.4 Å². The van der Waals surface area contributed by atoms with Crippen molar-refractivity contribution in [3.05, 3.63) is 72.9 Å². The molecule has 3 saturated heterocycles. The van der Waals surface area contributed by atoms with Gasteiger partial charge in [-0.3, -0.25) is 4.79 Å². The molecule has 19 heteroatoms. The molecule has 17 atom stereocenters. The average Bonchev–Trinajstić information content (AvgIpc) is 3.37. The molecule has 0 radical (unpaired) electrons. The van der Waals surface area contributed by atoms with Crippen molar-refractivity contribution in [2.45, 2.75) is 227 Å². The first kappa shape index (κ1) is 63.5. The Morgan fingerprint density at radius 2 is 0.958 bits per heavy atom. The molecule has 3 fully saturated rings. The molecular weight excluding hydrogens is 939 g/mol. The fourth-order valence-electron chi connectivity index (χ4n) is 8.39. The van der Waals surface area contributed by atoms with Crippen molar-refractivity contribution in [2.75, 3.05) is 26.4 Å². The van der Waals surface area contributed by atoms with Crippen LogP contribution in [0.4, 0.5) is 0 Å². The maximum Gasteiger partial charge on any atom is 0.220 e. The highest BCUT2D eigenvalue weighted by atomic mass is 16.8. The Morgan fingerprint density at radius 1 is 0.514 bits per heavy atom. The zero-order chi connectivity index (χ0) is 52.7. The Labute approximate surface area is 426 Å². The van der Waals surface area contributed by atoms with Crippen molar-refractivity contribution in [3.63, 3.8) is 0 Å². The predicted octanol–water partition coefficient (Wildman–Crippen LogP) is 2.31. The van der Waals surface area contributed by atoms with Gasteiger partial charge in [0.1, 0.15) is 73.2 Å². The third-order valence-electron chi connectivity index (χ3n) is 12.8. The fraction of sp³-hybridized carbons (Fsp3) is 0.755. The van der Waals surface area contributed by atoms with E-state index in [9.17, 15) is 61.0 Å². The Kier molecular flexibility index (Phi) is 32.7. The summed E-state index contributed by atoms with van der Waals surface area (Å²) >= 11 is 0. The first-order valence-corrected chi connectivity index (χ1v) is 26.2. The molecule has 414 valence electrons. The number of aliphatic hydroxyl groups is 11. The van der Waals surface area contributed by atoms with Gasteiger partial charge in [0.25, 0.3) is 0 Å². The third kappa shape index (κ3) is 22.2. The number of amides is 1. The van der Waals surface area contributed by atoms with Gasteiger partial charge in [-0.2, -0.15) is 0 Å². The number of carbonyl (C=O) groups is 1. The molecule has 0 bridgehead atoms. The lowest BCUT2D eigenvalue weighted by Gasteiger charge is -2.48. The number of unbranched alkanes of at least 4 members (excludes halogenated alkanes) is 9. The summed E-state index contributed by atoms with van der Waals surface area (Å²) in [5.41, 5.74) is 0. The van der Waals surface area contributed by atoms with Crippen LogP contribution < -0.4 is 5.32 Å². The van der Waals surface area contributed by atoms with Crippen LogP contribution in [0.2, 0.25) is 0 Å². The number of aliphatic hydroxyl groups excluding tert-OH is 11. The molecule has 3 aliphatic heterocycles. The lowest BCUT2D eigenvalue weighted by molar-refractivity contribution is -0.379. The zero-order valence-corrected chi connectivity index (χ0v) is 42.4. The smallest absolute Gasteiger partial charge is 0.220 e. The third-order valence-corrected chi connectivity index (χ3v) is 12.8. The minimum absolute atomic E-state index is 0.199. The van der Waals surface area contributed by atoms with Gasteiger partial charge >= 0.3 is 0 Å². The highest BCUT2D eigenvalue weighted by Gasteiger charge is 2.53. The van der Waals surface area contributed by atoms with E-state index in [4.69, 9.17) is 28.4 Å². The Bertz CT molecular complexity index is 1610. The summed E-state index contributed by atoms with van der Waals surface area (Å²) < 4.78 is 34.0. The van der Waals surface area contributed by atoms with E-state index in [1.165, 1.54) is 12.8 Å². The SMILES string of the molecule is CC/C=C\C/C=C\C/C=C\C/C=C\C/C=C\CCCCCC(=O)NC(COC1OC(CO)C(OC2OC(CO)C(OC3OC(CO)C(O)C(O)C3O)C(O)C2O)C(O)C1O)C(O)/C=C/CCCCCCCC. The summed E-state index contributed by atoms with van der Waals surface area (Å²) in [6.07, 6.45) is 13.5. The van der Waals surface area contributed by atoms with Gasteiger partial charge < -0.3 is 89.9 Å². The van der Waals surface area contributed by atoms with Crippen LogP contribution in [0.25, 0.3) is 0 Å². The molecule has 0 aromatic heterocycles. The lowest BCUT2D eigenvalue weighted by Crippen LogP contribution is -2.66. The summed E-state index contributed by atoms with van der Waals surface area (Å²) in [6.45, 7) is 1.47. The summed E-state index contributed by atoms with van der Waals surface area (Å²) in [4.78, 5) is 13.2. The molecule has 1 amide bonds. The van der Waals surface area contributed by atoms with Gasteiger partial charge in [-0.15, -0.1) is 0 Å². The van der Waals surface area contributed by atoms with E-state index < -0.39 is 124 Å². The van der Waals surface area contributed by atoms with Crippen LogP contribution in [-0.2, 0) is 33.2 Å². The van der Waals surface area contributed by atoms with E-state index in [0.29, 0.717) is 6.42 Å².